The SMILES string of the molecule is CC(=O)C(C)Sc1nnc(N2CCOCC2)n1-c1cccc(C)c1. The molecule has 0 amide bonds. The van der Waals surface area contributed by atoms with Gasteiger partial charge in [0.25, 0.3) is 0 Å². The van der Waals surface area contributed by atoms with E-state index in [2.05, 4.69) is 34.2 Å². The molecule has 0 bridgehead atoms. The Morgan fingerprint density at radius 1 is 1.29 bits per heavy atom. The summed E-state index contributed by atoms with van der Waals surface area (Å²) in [7, 11) is 0. The first-order valence-electron chi connectivity index (χ1n) is 8.08. The van der Waals surface area contributed by atoms with Crippen molar-refractivity contribution in [3.63, 3.8) is 0 Å². The second kappa shape index (κ2) is 7.36. The first-order valence-corrected chi connectivity index (χ1v) is 8.96. The van der Waals surface area contributed by atoms with Crippen LogP contribution in [0.4, 0.5) is 5.95 Å². The number of rotatable bonds is 5. The molecular formula is C17H22N4O2S. The monoisotopic (exact) mass is 346 g/mol. The van der Waals surface area contributed by atoms with Crippen LogP contribution in [-0.4, -0.2) is 52.1 Å². The van der Waals surface area contributed by atoms with Crippen molar-refractivity contribution >= 4 is 23.5 Å². The molecule has 1 saturated heterocycles. The summed E-state index contributed by atoms with van der Waals surface area (Å²) in [5, 5.41) is 9.35. The number of carbonyl (C=O) groups excluding carboxylic acids is 1. The van der Waals surface area contributed by atoms with Gasteiger partial charge in [-0.2, -0.15) is 0 Å². The summed E-state index contributed by atoms with van der Waals surface area (Å²) < 4.78 is 7.48. The molecule has 1 fully saturated rings. The summed E-state index contributed by atoms with van der Waals surface area (Å²) in [4.78, 5) is 13.8. The number of hydrogen-bond acceptors (Lipinski definition) is 6. The van der Waals surface area contributed by atoms with E-state index in [1.165, 1.54) is 17.3 Å². The summed E-state index contributed by atoms with van der Waals surface area (Å²) in [5.41, 5.74) is 2.18. The molecule has 1 aromatic heterocycles. The van der Waals surface area contributed by atoms with E-state index < -0.39 is 0 Å². The van der Waals surface area contributed by atoms with Gasteiger partial charge in [-0.1, -0.05) is 23.9 Å². The van der Waals surface area contributed by atoms with Gasteiger partial charge >= 0.3 is 0 Å². The minimum absolute atomic E-state index is 0.131. The van der Waals surface area contributed by atoms with Crippen LogP contribution < -0.4 is 4.90 Å². The summed E-state index contributed by atoms with van der Waals surface area (Å²) >= 11 is 1.45. The molecule has 1 atom stereocenters. The number of ether oxygens (including phenoxy) is 1. The molecule has 24 heavy (non-hydrogen) atoms. The fraction of sp³-hybridized carbons (Fsp3) is 0.471. The van der Waals surface area contributed by atoms with Gasteiger partial charge in [0.1, 0.15) is 5.78 Å². The predicted octanol–water partition coefficient (Wildman–Crippen LogP) is 2.48. The molecule has 7 heteroatoms. The minimum Gasteiger partial charge on any atom is -0.378 e. The third kappa shape index (κ3) is 3.62. The van der Waals surface area contributed by atoms with Gasteiger partial charge in [-0.05, 0) is 38.5 Å². The number of nitrogens with zero attached hydrogens (tertiary/aromatic N) is 4. The van der Waals surface area contributed by atoms with Crippen molar-refractivity contribution in [3.8, 4) is 5.69 Å². The standard InChI is InChI=1S/C17H22N4O2S/c1-12-5-4-6-15(11-12)21-16(20-7-9-23-10-8-20)18-19-17(21)24-14(3)13(2)22/h4-6,11,14H,7-10H2,1-3H3. The molecule has 3 rings (SSSR count). The quantitative estimate of drug-likeness (QED) is 0.775. The van der Waals surface area contributed by atoms with E-state index in [9.17, 15) is 4.79 Å². The summed E-state index contributed by atoms with van der Waals surface area (Å²) in [6.07, 6.45) is 0. The van der Waals surface area contributed by atoms with Crippen LogP contribution in [0.2, 0.25) is 0 Å². The highest BCUT2D eigenvalue weighted by atomic mass is 32.2. The second-order valence-electron chi connectivity index (χ2n) is 5.93. The van der Waals surface area contributed by atoms with Crippen molar-refractivity contribution in [2.45, 2.75) is 31.2 Å². The lowest BCUT2D eigenvalue weighted by atomic mass is 10.2. The number of thioether (sulfide) groups is 1. The summed E-state index contributed by atoms with van der Waals surface area (Å²) in [6.45, 7) is 8.52. The Morgan fingerprint density at radius 2 is 2.04 bits per heavy atom. The molecule has 0 saturated carbocycles. The Balaban J connectivity index is 2.02. The average molecular weight is 346 g/mol. The van der Waals surface area contributed by atoms with Crippen LogP contribution in [0.5, 0.6) is 0 Å². The molecule has 1 aromatic carbocycles. The molecule has 1 aliphatic rings. The Hall–Kier alpha value is -1.86. The van der Waals surface area contributed by atoms with Crippen molar-refractivity contribution in [1.82, 2.24) is 14.8 Å². The van der Waals surface area contributed by atoms with Gasteiger partial charge in [0, 0.05) is 13.1 Å². The molecule has 0 spiro atoms. The number of anilines is 1. The number of benzene rings is 1. The fourth-order valence-electron chi connectivity index (χ4n) is 2.54. The lowest BCUT2D eigenvalue weighted by molar-refractivity contribution is -0.116. The van der Waals surface area contributed by atoms with E-state index in [0.29, 0.717) is 13.2 Å². The molecule has 0 N–H and O–H groups in total. The van der Waals surface area contributed by atoms with Crippen LogP contribution in [0.3, 0.4) is 0 Å². The number of hydrogen-bond donors (Lipinski definition) is 0. The molecule has 6 nitrogen and oxygen atoms in total. The van der Waals surface area contributed by atoms with Gasteiger partial charge in [0.15, 0.2) is 5.16 Å². The highest BCUT2D eigenvalue weighted by Gasteiger charge is 2.23. The Bertz CT molecular complexity index is 725. The van der Waals surface area contributed by atoms with Crippen molar-refractivity contribution < 1.29 is 9.53 Å². The lowest BCUT2D eigenvalue weighted by Gasteiger charge is -2.28. The molecule has 1 aliphatic heterocycles. The van der Waals surface area contributed by atoms with Crippen LogP contribution >= 0.6 is 11.8 Å². The van der Waals surface area contributed by atoms with Crippen LogP contribution in [0.1, 0.15) is 19.4 Å². The zero-order valence-corrected chi connectivity index (χ0v) is 15.0. The summed E-state index contributed by atoms with van der Waals surface area (Å²) in [5.74, 6) is 0.939. The van der Waals surface area contributed by atoms with E-state index in [1.807, 2.05) is 23.6 Å². The molecular weight excluding hydrogens is 324 g/mol. The normalized spacial score (nSPS) is 16.2. The zero-order valence-electron chi connectivity index (χ0n) is 14.2. The summed E-state index contributed by atoms with van der Waals surface area (Å²) in [6, 6.07) is 8.24. The van der Waals surface area contributed by atoms with E-state index in [4.69, 9.17) is 4.74 Å². The van der Waals surface area contributed by atoms with Gasteiger partial charge in [-0.3, -0.25) is 9.36 Å². The molecule has 0 aliphatic carbocycles. The topological polar surface area (TPSA) is 60.3 Å². The highest BCUT2D eigenvalue weighted by molar-refractivity contribution is 8.00. The van der Waals surface area contributed by atoms with E-state index in [0.717, 1.165) is 29.9 Å². The van der Waals surface area contributed by atoms with Crippen LogP contribution in [0, 0.1) is 6.92 Å². The van der Waals surface area contributed by atoms with E-state index in [1.54, 1.807) is 6.92 Å². The van der Waals surface area contributed by atoms with Gasteiger partial charge in [-0.15, -0.1) is 10.2 Å². The third-order valence-electron chi connectivity index (χ3n) is 4.02. The smallest absolute Gasteiger partial charge is 0.232 e. The Morgan fingerprint density at radius 3 is 2.71 bits per heavy atom. The molecule has 1 unspecified atom stereocenters. The van der Waals surface area contributed by atoms with Crippen molar-refractivity contribution in [2.75, 3.05) is 31.2 Å². The van der Waals surface area contributed by atoms with E-state index in [-0.39, 0.29) is 11.0 Å². The maximum atomic E-state index is 11.7. The Kier molecular flexibility index (Phi) is 5.20. The average Bonchev–Trinajstić information content (AvgIpc) is 2.99. The number of carbonyl (C=O) groups is 1. The largest absolute Gasteiger partial charge is 0.378 e. The number of Topliss-reactive ketones (excluding diaryl/α,β-unsaturated/α-hetero) is 1. The van der Waals surface area contributed by atoms with E-state index >= 15 is 0 Å². The van der Waals surface area contributed by atoms with Crippen molar-refractivity contribution in [3.05, 3.63) is 29.8 Å². The maximum Gasteiger partial charge on any atom is 0.232 e. The van der Waals surface area contributed by atoms with Crippen LogP contribution in [0.15, 0.2) is 29.4 Å². The second-order valence-corrected chi connectivity index (χ2v) is 7.24. The number of morpholine rings is 1. The van der Waals surface area contributed by atoms with Gasteiger partial charge < -0.3 is 9.64 Å². The minimum atomic E-state index is -0.157. The zero-order chi connectivity index (χ0) is 17.1. The van der Waals surface area contributed by atoms with Crippen LogP contribution in [-0.2, 0) is 9.53 Å². The number of aromatic nitrogens is 3. The third-order valence-corrected chi connectivity index (χ3v) is 5.19. The molecule has 128 valence electrons. The highest BCUT2D eigenvalue weighted by Crippen LogP contribution is 2.30. The van der Waals surface area contributed by atoms with Crippen molar-refractivity contribution in [2.24, 2.45) is 0 Å². The Labute approximate surface area is 146 Å². The van der Waals surface area contributed by atoms with Gasteiger partial charge in [-0.25, -0.2) is 0 Å². The molecule has 2 aromatic rings. The van der Waals surface area contributed by atoms with Gasteiger partial charge in [0.05, 0.1) is 24.2 Å². The fourth-order valence-corrected chi connectivity index (χ4v) is 3.40. The predicted molar refractivity (Wildman–Crippen MR) is 95.1 cm³/mol. The molecule has 0 radical (unpaired) electrons. The molecule has 2 heterocycles. The first-order chi connectivity index (χ1) is 11.6. The van der Waals surface area contributed by atoms with Gasteiger partial charge in [0.2, 0.25) is 5.95 Å². The maximum absolute atomic E-state index is 11.7. The number of aryl methyl sites for hydroxylation is 1. The van der Waals surface area contributed by atoms with Crippen molar-refractivity contribution in [1.29, 1.82) is 0 Å². The number of ketones is 1. The first kappa shape index (κ1) is 17.0. The van der Waals surface area contributed by atoms with Crippen LogP contribution in [0.25, 0.3) is 5.69 Å². The lowest BCUT2D eigenvalue weighted by Crippen LogP contribution is -2.37.